The number of carbonyl (C=O) groups is 1. The lowest BCUT2D eigenvalue weighted by atomic mass is 10.0. The molecule has 0 bridgehead atoms. The van der Waals surface area contributed by atoms with Gasteiger partial charge in [0.05, 0.1) is 0 Å². The van der Waals surface area contributed by atoms with E-state index in [2.05, 4.69) is 24.4 Å². The van der Waals surface area contributed by atoms with E-state index in [9.17, 15) is 4.79 Å². The Kier molecular flexibility index (Phi) is 5.05. The van der Waals surface area contributed by atoms with Crippen molar-refractivity contribution in [3.8, 4) is 0 Å². The van der Waals surface area contributed by atoms with Crippen LogP contribution in [0.3, 0.4) is 0 Å². The Morgan fingerprint density at radius 1 is 1.27 bits per heavy atom. The van der Waals surface area contributed by atoms with Gasteiger partial charge in [-0.1, -0.05) is 44.2 Å². The fourth-order valence-electron chi connectivity index (χ4n) is 1.61. The Morgan fingerprint density at radius 2 is 1.93 bits per heavy atom. The molecule has 0 spiro atoms. The van der Waals surface area contributed by atoms with Gasteiger partial charge in [-0.15, -0.1) is 0 Å². The summed E-state index contributed by atoms with van der Waals surface area (Å²) in [5.41, 5.74) is 1.20. The number of hydrogen-bond donors (Lipinski definition) is 1. The summed E-state index contributed by atoms with van der Waals surface area (Å²) in [6, 6.07) is 10.3. The van der Waals surface area contributed by atoms with Crippen molar-refractivity contribution in [2.24, 2.45) is 0 Å². The van der Waals surface area contributed by atoms with E-state index in [1.165, 1.54) is 5.56 Å². The van der Waals surface area contributed by atoms with Crippen molar-refractivity contribution in [3.63, 3.8) is 0 Å². The normalized spacial score (nSPS) is 12.4. The number of hydrogen-bond acceptors (Lipinski definition) is 2. The van der Waals surface area contributed by atoms with Gasteiger partial charge in [-0.25, -0.2) is 0 Å². The van der Waals surface area contributed by atoms with Crippen LogP contribution >= 0.6 is 0 Å². The highest BCUT2D eigenvalue weighted by molar-refractivity contribution is 5.78. The van der Waals surface area contributed by atoms with Crippen molar-refractivity contribution < 1.29 is 4.79 Å². The highest BCUT2D eigenvalue weighted by atomic mass is 16.1. The molecule has 1 aromatic rings. The van der Waals surface area contributed by atoms with E-state index in [0.717, 1.165) is 6.54 Å². The molecule has 82 valence electrons. The predicted octanol–water partition coefficient (Wildman–Crippen LogP) is 2.71. The Morgan fingerprint density at radius 3 is 2.47 bits per heavy atom. The molecular formula is C13H19NO. The van der Waals surface area contributed by atoms with Gasteiger partial charge in [0.2, 0.25) is 0 Å². The van der Waals surface area contributed by atoms with Gasteiger partial charge in [-0.05, 0) is 12.1 Å². The Hall–Kier alpha value is -1.15. The number of nitrogens with one attached hydrogen (secondary N) is 1. The molecule has 0 aromatic heterocycles. The first kappa shape index (κ1) is 11.9. The number of carbonyl (C=O) groups excluding carboxylic acids is 1. The largest absolute Gasteiger partial charge is 0.310 e. The fraction of sp³-hybridized carbons (Fsp3) is 0.462. The molecule has 1 unspecified atom stereocenters. The number of benzene rings is 1. The molecule has 1 atom stereocenters. The minimum absolute atomic E-state index is 0.170. The molecule has 0 heterocycles. The summed E-state index contributed by atoms with van der Waals surface area (Å²) in [7, 11) is 0. The van der Waals surface area contributed by atoms with Gasteiger partial charge in [0, 0.05) is 18.9 Å². The van der Waals surface area contributed by atoms with Gasteiger partial charge < -0.3 is 5.32 Å². The minimum atomic E-state index is 0.170. The summed E-state index contributed by atoms with van der Waals surface area (Å²) < 4.78 is 0. The molecule has 1 N–H and O–H groups in total. The average molecular weight is 205 g/mol. The maximum Gasteiger partial charge on any atom is 0.134 e. The van der Waals surface area contributed by atoms with Crippen LogP contribution in [0.2, 0.25) is 0 Å². The lowest BCUT2D eigenvalue weighted by Gasteiger charge is -2.17. The van der Waals surface area contributed by atoms with Crippen LogP contribution in [-0.4, -0.2) is 12.3 Å². The zero-order valence-corrected chi connectivity index (χ0v) is 9.49. The Bertz CT molecular complexity index is 295. The van der Waals surface area contributed by atoms with Gasteiger partial charge in [0.15, 0.2) is 0 Å². The van der Waals surface area contributed by atoms with Crippen molar-refractivity contribution in [2.45, 2.75) is 32.7 Å². The van der Waals surface area contributed by atoms with Crippen LogP contribution in [0, 0.1) is 0 Å². The smallest absolute Gasteiger partial charge is 0.134 e. The van der Waals surface area contributed by atoms with Crippen molar-refractivity contribution in [1.82, 2.24) is 5.32 Å². The van der Waals surface area contributed by atoms with Gasteiger partial charge in [0.25, 0.3) is 0 Å². The lowest BCUT2D eigenvalue weighted by Crippen LogP contribution is -2.23. The summed E-state index contributed by atoms with van der Waals surface area (Å²) in [5.74, 6) is 0.310. The van der Waals surface area contributed by atoms with E-state index in [1.54, 1.807) is 0 Å². The SMILES string of the molecule is CCNC(CC(=O)CC)c1ccccc1. The number of Topliss-reactive ketones (excluding diaryl/α,β-unsaturated/α-hetero) is 1. The fourth-order valence-corrected chi connectivity index (χ4v) is 1.61. The highest BCUT2D eigenvalue weighted by Gasteiger charge is 2.12. The molecule has 15 heavy (non-hydrogen) atoms. The van der Waals surface area contributed by atoms with E-state index in [-0.39, 0.29) is 6.04 Å². The van der Waals surface area contributed by atoms with Gasteiger partial charge in [0.1, 0.15) is 5.78 Å². The second kappa shape index (κ2) is 6.36. The molecule has 0 saturated heterocycles. The third-order valence-corrected chi connectivity index (χ3v) is 2.48. The first-order valence-corrected chi connectivity index (χ1v) is 5.58. The van der Waals surface area contributed by atoms with E-state index >= 15 is 0 Å². The van der Waals surface area contributed by atoms with Crippen molar-refractivity contribution in [2.75, 3.05) is 6.54 Å². The summed E-state index contributed by atoms with van der Waals surface area (Å²) in [6.45, 7) is 4.86. The standard InChI is InChI=1S/C13H19NO/c1-3-12(15)10-13(14-4-2)11-8-6-5-7-9-11/h5-9,13-14H,3-4,10H2,1-2H3. The van der Waals surface area contributed by atoms with Crippen LogP contribution < -0.4 is 5.32 Å². The summed E-state index contributed by atoms with van der Waals surface area (Å²) in [5, 5.41) is 3.34. The van der Waals surface area contributed by atoms with Crippen LogP contribution in [0.5, 0.6) is 0 Å². The van der Waals surface area contributed by atoms with Gasteiger partial charge in [-0.2, -0.15) is 0 Å². The lowest BCUT2D eigenvalue weighted by molar-refractivity contribution is -0.119. The van der Waals surface area contributed by atoms with Crippen molar-refractivity contribution in [3.05, 3.63) is 35.9 Å². The molecule has 2 heteroatoms. The van der Waals surface area contributed by atoms with E-state index in [1.807, 2.05) is 25.1 Å². The molecule has 2 nitrogen and oxygen atoms in total. The molecule has 0 aliphatic rings. The minimum Gasteiger partial charge on any atom is -0.310 e. The van der Waals surface area contributed by atoms with E-state index in [4.69, 9.17) is 0 Å². The maximum absolute atomic E-state index is 11.4. The molecule has 1 aromatic carbocycles. The average Bonchev–Trinajstić information content (AvgIpc) is 2.29. The molecule has 0 aliphatic carbocycles. The first-order chi connectivity index (χ1) is 7.27. The van der Waals surface area contributed by atoms with E-state index < -0.39 is 0 Å². The van der Waals surface area contributed by atoms with Crippen LogP contribution in [0.15, 0.2) is 30.3 Å². The third-order valence-electron chi connectivity index (χ3n) is 2.48. The summed E-state index contributed by atoms with van der Waals surface area (Å²) in [4.78, 5) is 11.4. The number of rotatable bonds is 6. The van der Waals surface area contributed by atoms with Crippen LogP contribution in [0.4, 0.5) is 0 Å². The number of ketones is 1. The third kappa shape index (κ3) is 3.84. The summed E-state index contributed by atoms with van der Waals surface area (Å²) in [6.07, 6.45) is 1.21. The summed E-state index contributed by atoms with van der Waals surface area (Å²) >= 11 is 0. The molecule has 0 aliphatic heterocycles. The van der Waals surface area contributed by atoms with Crippen molar-refractivity contribution in [1.29, 1.82) is 0 Å². The van der Waals surface area contributed by atoms with Gasteiger partial charge in [-0.3, -0.25) is 4.79 Å². The van der Waals surface area contributed by atoms with Crippen molar-refractivity contribution >= 4 is 5.78 Å². The second-order valence-electron chi connectivity index (χ2n) is 3.62. The zero-order valence-electron chi connectivity index (χ0n) is 9.49. The van der Waals surface area contributed by atoms with Gasteiger partial charge >= 0.3 is 0 Å². The molecule has 0 saturated carbocycles. The molecule has 0 fully saturated rings. The monoisotopic (exact) mass is 205 g/mol. The molecule has 0 radical (unpaired) electrons. The predicted molar refractivity (Wildman–Crippen MR) is 62.8 cm³/mol. The highest BCUT2D eigenvalue weighted by Crippen LogP contribution is 2.17. The van der Waals surface area contributed by atoms with Crippen LogP contribution in [-0.2, 0) is 4.79 Å². The maximum atomic E-state index is 11.4. The van der Waals surface area contributed by atoms with Crippen LogP contribution in [0.1, 0.15) is 38.3 Å². The topological polar surface area (TPSA) is 29.1 Å². The van der Waals surface area contributed by atoms with E-state index in [0.29, 0.717) is 18.6 Å². The quantitative estimate of drug-likeness (QED) is 0.773. The second-order valence-corrected chi connectivity index (χ2v) is 3.62. The van der Waals surface area contributed by atoms with Crippen LogP contribution in [0.25, 0.3) is 0 Å². The first-order valence-electron chi connectivity index (χ1n) is 5.58. The molecule has 0 amide bonds. The molecular weight excluding hydrogens is 186 g/mol. The Balaban J connectivity index is 2.70. The zero-order chi connectivity index (χ0) is 11.1. The molecule has 1 rings (SSSR count). The Labute approximate surface area is 91.7 Å².